The lowest BCUT2D eigenvalue weighted by Gasteiger charge is -2.19. The van der Waals surface area contributed by atoms with Crippen LogP contribution < -0.4 is 15.6 Å². The monoisotopic (exact) mass is 425 g/mol. The number of hydrogen-bond acceptors (Lipinski definition) is 6. The zero-order valence-corrected chi connectivity index (χ0v) is 18.0. The van der Waals surface area contributed by atoms with Gasteiger partial charge in [0.15, 0.2) is 5.65 Å². The van der Waals surface area contributed by atoms with E-state index in [9.17, 15) is 9.59 Å². The van der Waals surface area contributed by atoms with Crippen molar-refractivity contribution in [3.8, 4) is 17.1 Å². The number of H-pyrrole nitrogens is 1. The molecular weight excluding hydrogens is 398 g/mol. The van der Waals surface area contributed by atoms with Crippen molar-refractivity contribution >= 4 is 22.6 Å². The van der Waals surface area contributed by atoms with E-state index in [1.165, 1.54) is 20.6 Å². The number of aromatic amines is 1. The normalized spacial score (nSPS) is 14.7. The molecule has 2 N–H and O–H groups in total. The van der Waals surface area contributed by atoms with Crippen LogP contribution in [0.4, 0.5) is 5.69 Å². The SMILES string of the molecule is COCC(=O)Nc1ccc(-c2nc3c(c(C4CCCCC4)nn3C)c(=O)[nH]2)c(OC)c1. The smallest absolute Gasteiger partial charge is 0.262 e. The van der Waals surface area contributed by atoms with Crippen LogP contribution in [0.5, 0.6) is 5.75 Å². The molecule has 1 aliphatic rings. The molecule has 3 aromatic rings. The van der Waals surface area contributed by atoms with Crippen LogP contribution in [0.15, 0.2) is 23.0 Å². The highest BCUT2D eigenvalue weighted by Crippen LogP contribution is 2.35. The molecule has 2 aromatic heterocycles. The summed E-state index contributed by atoms with van der Waals surface area (Å²) in [5.74, 6) is 0.904. The first-order chi connectivity index (χ1) is 15.0. The van der Waals surface area contributed by atoms with E-state index >= 15 is 0 Å². The Labute approximate surface area is 179 Å². The van der Waals surface area contributed by atoms with Gasteiger partial charge >= 0.3 is 0 Å². The van der Waals surface area contributed by atoms with Gasteiger partial charge in [0.2, 0.25) is 5.91 Å². The average molecular weight is 425 g/mol. The van der Waals surface area contributed by atoms with E-state index in [1.807, 2.05) is 7.05 Å². The summed E-state index contributed by atoms with van der Waals surface area (Å²) in [7, 11) is 4.80. The van der Waals surface area contributed by atoms with Gasteiger partial charge in [0.05, 0.1) is 18.4 Å². The molecule has 1 aliphatic carbocycles. The van der Waals surface area contributed by atoms with Crippen LogP contribution in [-0.2, 0) is 16.6 Å². The van der Waals surface area contributed by atoms with Crippen molar-refractivity contribution in [2.24, 2.45) is 7.05 Å². The number of benzene rings is 1. The Kier molecular flexibility index (Phi) is 6.03. The zero-order chi connectivity index (χ0) is 22.0. The third-order valence-corrected chi connectivity index (χ3v) is 5.73. The molecule has 0 bridgehead atoms. The fraction of sp³-hybridized carbons (Fsp3) is 0.455. The maximum atomic E-state index is 13.1. The number of ether oxygens (including phenoxy) is 2. The molecule has 2 heterocycles. The second-order valence-corrected chi connectivity index (χ2v) is 7.85. The zero-order valence-electron chi connectivity index (χ0n) is 18.0. The van der Waals surface area contributed by atoms with Crippen molar-refractivity contribution in [2.45, 2.75) is 38.0 Å². The molecule has 9 nitrogen and oxygen atoms in total. The summed E-state index contributed by atoms with van der Waals surface area (Å²) in [5.41, 5.74) is 2.38. The van der Waals surface area contributed by atoms with Crippen molar-refractivity contribution in [2.75, 3.05) is 26.1 Å². The van der Waals surface area contributed by atoms with Gasteiger partial charge < -0.3 is 19.8 Å². The van der Waals surface area contributed by atoms with Gasteiger partial charge in [-0.3, -0.25) is 9.59 Å². The lowest BCUT2D eigenvalue weighted by atomic mass is 9.86. The lowest BCUT2D eigenvalue weighted by molar-refractivity contribution is -0.119. The number of rotatable bonds is 6. The summed E-state index contributed by atoms with van der Waals surface area (Å²) in [4.78, 5) is 32.5. The fourth-order valence-corrected chi connectivity index (χ4v) is 4.27. The number of aromatic nitrogens is 4. The topological polar surface area (TPSA) is 111 Å². The van der Waals surface area contributed by atoms with Gasteiger partial charge in [-0.15, -0.1) is 0 Å². The standard InChI is InChI=1S/C22H27N5O4/c1-27-21-18(19(26-27)13-7-5-4-6-8-13)22(29)25-20(24-21)15-10-9-14(11-16(15)31-3)23-17(28)12-30-2/h9-11,13H,4-8,12H2,1-3H3,(H,23,28)(H,24,25,29). The molecule has 0 radical (unpaired) electrons. The molecule has 1 amide bonds. The number of anilines is 1. The summed E-state index contributed by atoms with van der Waals surface area (Å²) >= 11 is 0. The quantitative estimate of drug-likeness (QED) is 0.628. The van der Waals surface area contributed by atoms with Crippen LogP contribution in [0.25, 0.3) is 22.4 Å². The number of nitrogens with zero attached hydrogens (tertiary/aromatic N) is 3. The highest BCUT2D eigenvalue weighted by molar-refractivity contribution is 5.92. The Morgan fingerprint density at radius 2 is 2.03 bits per heavy atom. The van der Waals surface area contributed by atoms with E-state index < -0.39 is 0 Å². The Hall–Kier alpha value is -3.20. The highest BCUT2D eigenvalue weighted by Gasteiger charge is 2.25. The number of carbonyl (C=O) groups is 1. The van der Waals surface area contributed by atoms with Gasteiger partial charge in [-0.2, -0.15) is 5.10 Å². The second kappa shape index (κ2) is 8.89. The summed E-state index contributed by atoms with van der Waals surface area (Å²) in [6.45, 7) is -0.0422. The molecular formula is C22H27N5O4. The van der Waals surface area contributed by atoms with Gasteiger partial charge in [-0.05, 0) is 25.0 Å². The maximum Gasteiger partial charge on any atom is 0.262 e. The number of methoxy groups -OCH3 is 2. The third kappa shape index (κ3) is 4.18. The molecule has 4 rings (SSSR count). The molecule has 1 saturated carbocycles. The van der Waals surface area contributed by atoms with Crippen molar-refractivity contribution in [3.05, 3.63) is 34.2 Å². The van der Waals surface area contributed by atoms with Crippen LogP contribution in [-0.4, -0.2) is 46.5 Å². The molecule has 1 fully saturated rings. The Morgan fingerprint density at radius 1 is 1.26 bits per heavy atom. The number of aryl methyl sites for hydroxylation is 1. The molecule has 0 saturated heterocycles. The molecule has 1 aromatic carbocycles. The summed E-state index contributed by atoms with van der Waals surface area (Å²) in [6, 6.07) is 5.17. The van der Waals surface area contributed by atoms with Crippen LogP contribution in [0, 0.1) is 0 Å². The predicted octanol–water partition coefficient (Wildman–Crippen LogP) is 2.96. The molecule has 0 spiro atoms. The second-order valence-electron chi connectivity index (χ2n) is 7.85. The minimum absolute atomic E-state index is 0.0422. The number of hydrogen-bond donors (Lipinski definition) is 2. The van der Waals surface area contributed by atoms with Gasteiger partial charge in [-0.1, -0.05) is 19.3 Å². The molecule has 0 aliphatic heterocycles. The van der Waals surface area contributed by atoms with E-state index in [1.54, 1.807) is 22.9 Å². The van der Waals surface area contributed by atoms with Gasteiger partial charge in [0.25, 0.3) is 5.56 Å². The van der Waals surface area contributed by atoms with Crippen LogP contribution in [0.2, 0.25) is 0 Å². The third-order valence-electron chi connectivity index (χ3n) is 5.73. The number of fused-ring (bicyclic) bond motifs is 1. The average Bonchev–Trinajstić information content (AvgIpc) is 3.11. The Bertz CT molecular complexity index is 1160. The molecule has 164 valence electrons. The van der Waals surface area contributed by atoms with Crippen LogP contribution in [0.1, 0.15) is 43.7 Å². The maximum absolute atomic E-state index is 13.1. The van der Waals surface area contributed by atoms with E-state index in [2.05, 4.69) is 15.4 Å². The first kappa shape index (κ1) is 21.0. The summed E-state index contributed by atoms with van der Waals surface area (Å²) in [6.07, 6.45) is 5.67. The number of carbonyl (C=O) groups excluding carboxylic acids is 1. The van der Waals surface area contributed by atoms with Crippen LogP contribution >= 0.6 is 0 Å². The minimum Gasteiger partial charge on any atom is -0.496 e. The van der Waals surface area contributed by atoms with Crippen LogP contribution in [0.3, 0.4) is 0 Å². The van der Waals surface area contributed by atoms with Crippen molar-refractivity contribution in [1.82, 2.24) is 19.7 Å². The summed E-state index contributed by atoms with van der Waals surface area (Å²) < 4.78 is 12.0. The van der Waals surface area contributed by atoms with Crippen molar-refractivity contribution in [3.63, 3.8) is 0 Å². The van der Waals surface area contributed by atoms with Crippen molar-refractivity contribution in [1.29, 1.82) is 0 Å². The van der Waals surface area contributed by atoms with Gasteiger partial charge in [0, 0.05) is 31.8 Å². The minimum atomic E-state index is -0.268. The largest absolute Gasteiger partial charge is 0.496 e. The molecule has 9 heteroatoms. The van der Waals surface area contributed by atoms with E-state index in [0.717, 1.165) is 31.4 Å². The predicted molar refractivity (Wildman–Crippen MR) is 117 cm³/mol. The highest BCUT2D eigenvalue weighted by atomic mass is 16.5. The van der Waals surface area contributed by atoms with E-state index in [0.29, 0.717) is 39.8 Å². The fourth-order valence-electron chi connectivity index (χ4n) is 4.27. The first-order valence-electron chi connectivity index (χ1n) is 10.5. The molecule has 31 heavy (non-hydrogen) atoms. The van der Waals surface area contributed by atoms with E-state index in [4.69, 9.17) is 14.5 Å². The molecule has 0 unspecified atom stereocenters. The molecule has 0 atom stereocenters. The van der Waals surface area contributed by atoms with Gasteiger partial charge in [-0.25, -0.2) is 9.67 Å². The lowest BCUT2D eigenvalue weighted by Crippen LogP contribution is -2.17. The number of nitrogens with one attached hydrogen (secondary N) is 2. The summed E-state index contributed by atoms with van der Waals surface area (Å²) in [5, 5.41) is 7.97. The van der Waals surface area contributed by atoms with Crippen molar-refractivity contribution < 1.29 is 14.3 Å². The van der Waals surface area contributed by atoms with E-state index in [-0.39, 0.29) is 18.1 Å². The number of amides is 1. The first-order valence-corrected chi connectivity index (χ1v) is 10.5. The van der Waals surface area contributed by atoms with Gasteiger partial charge in [0.1, 0.15) is 23.6 Å². The Balaban J connectivity index is 1.74. The Morgan fingerprint density at radius 3 is 2.74 bits per heavy atom.